The lowest BCUT2D eigenvalue weighted by atomic mass is 10.3. The number of thiocarbonyl (C=S) groups is 1. The number of nitrogens with zero attached hydrogens (tertiary/aromatic N) is 1. The number of carbonyl (C=O) groups is 1. The summed E-state index contributed by atoms with van der Waals surface area (Å²) in [5, 5.41) is 5.62. The highest BCUT2D eigenvalue weighted by molar-refractivity contribution is 7.80. The van der Waals surface area contributed by atoms with Crippen molar-refractivity contribution in [3.63, 3.8) is 0 Å². The standard InChI is InChI=1S/C10H14N4OS/c1-2-12-8(15)6-14-7-4-3-5-13-9(7)10(11)16/h3-5,14H,2,6H2,1H3,(H2,11,16)(H,12,15). The molecule has 0 saturated heterocycles. The molecule has 1 amide bonds. The Balaban J connectivity index is 2.66. The van der Waals surface area contributed by atoms with E-state index in [0.29, 0.717) is 17.9 Å². The highest BCUT2D eigenvalue weighted by Gasteiger charge is 2.06. The van der Waals surface area contributed by atoms with E-state index in [1.807, 2.05) is 6.92 Å². The van der Waals surface area contributed by atoms with Gasteiger partial charge in [0.25, 0.3) is 0 Å². The van der Waals surface area contributed by atoms with E-state index in [-0.39, 0.29) is 17.4 Å². The summed E-state index contributed by atoms with van der Waals surface area (Å²) in [4.78, 5) is 15.5. The van der Waals surface area contributed by atoms with Crippen LogP contribution in [0.3, 0.4) is 0 Å². The lowest BCUT2D eigenvalue weighted by Crippen LogP contribution is -2.30. The Hall–Kier alpha value is -1.69. The second kappa shape index (κ2) is 6.02. The minimum atomic E-state index is -0.0831. The third kappa shape index (κ3) is 3.47. The number of anilines is 1. The topological polar surface area (TPSA) is 80.0 Å². The van der Waals surface area contributed by atoms with Crippen molar-refractivity contribution in [3.05, 3.63) is 24.0 Å². The van der Waals surface area contributed by atoms with Gasteiger partial charge in [-0.1, -0.05) is 12.2 Å². The third-order valence-electron chi connectivity index (χ3n) is 1.85. The fourth-order valence-corrected chi connectivity index (χ4v) is 1.34. The second-order valence-electron chi connectivity index (χ2n) is 3.07. The molecule has 0 aromatic carbocycles. The number of aromatic nitrogens is 1. The molecule has 0 aliphatic heterocycles. The van der Waals surface area contributed by atoms with Crippen LogP contribution in [0.15, 0.2) is 18.3 Å². The van der Waals surface area contributed by atoms with Gasteiger partial charge in [0.2, 0.25) is 5.91 Å². The van der Waals surface area contributed by atoms with Gasteiger partial charge < -0.3 is 16.4 Å². The molecule has 0 fully saturated rings. The fourth-order valence-electron chi connectivity index (χ4n) is 1.18. The van der Waals surface area contributed by atoms with Gasteiger partial charge in [-0.05, 0) is 19.1 Å². The largest absolute Gasteiger partial charge is 0.388 e. The minimum absolute atomic E-state index is 0.0831. The molecule has 0 aliphatic rings. The van der Waals surface area contributed by atoms with E-state index < -0.39 is 0 Å². The molecule has 0 radical (unpaired) electrons. The molecule has 1 aromatic heterocycles. The van der Waals surface area contributed by atoms with E-state index in [4.69, 9.17) is 18.0 Å². The average Bonchev–Trinajstić information content (AvgIpc) is 2.27. The highest BCUT2D eigenvalue weighted by atomic mass is 32.1. The summed E-state index contributed by atoms with van der Waals surface area (Å²) in [6.45, 7) is 2.65. The number of nitrogens with one attached hydrogen (secondary N) is 2. The highest BCUT2D eigenvalue weighted by Crippen LogP contribution is 2.10. The third-order valence-corrected chi connectivity index (χ3v) is 2.05. The van der Waals surface area contributed by atoms with Gasteiger partial charge in [0.1, 0.15) is 10.7 Å². The van der Waals surface area contributed by atoms with Crippen molar-refractivity contribution in [3.8, 4) is 0 Å². The summed E-state index contributed by atoms with van der Waals surface area (Å²) in [6.07, 6.45) is 1.60. The first kappa shape index (κ1) is 12.4. The summed E-state index contributed by atoms with van der Waals surface area (Å²) in [6, 6.07) is 3.53. The Kier molecular flexibility index (Phi) is 4.65. The maximum absolute atomic E-state index is 11.2. The second-order valence-corrected chi connectivity index (χ2v) is 3.51. The Morgan fingerprint density at radius 3 is 3.00 bits per heavy atom. The minimum Gasteiger partial charge on any atom is -0.388 e. The maximum Gasteiger partial charge on any atom is 0.239 e. The van der Waals surface area contributed by atoms with Crippen molar-refractivity contribution in [2.24, 2.45) is 5.73 Å². The van der Waals surface area contributed by atoms with Gasteiger partial charge in [0, 0.05) is 12.7 Å². The monoisotopic (exact) mass is 238 g/mol. The Bertz CT molecular complexity index is 394. The summed E-state index contributed by atoms with van der Waals surface area (Å²) < 4.78 is 0. The van der Waals surface area contributed by atoms with Crippen molar-refractivity contribution < 1.29 is 4.79 Å². The number of nitrogens with two attached hydrogens (primary N) is 1. The number of hydrogen-bond acceptors (Lipinski definition) is 4. The molecule has 16 heavy (non-hydrogen) atoms. The van der Waals surface area contributed by atoms with Gasteiger partial charge in [0.15, 0.2) is 0 Å². The molecule has 1 aromatic rings. The number of hydrogen-bond donors (Lipinski definition) is 3. The zero-order valence-electron chi connectivity index (χ0n) is 8.99. The van der Waals surface area contributed by atoms with Crippen LogP contribution in [0.1, 0.15) is 12.6 Å². The van der Waals surface area contributed by atoms with E-state index in [9.17, 15) is 4.79 Å². The zero-order valence-corrected chi connectivity index (χ0v) is 9.80. The lowest BCUT2D eigenvalue weighted by Gasteiger charge is -2.09. The van der Waals surface area contributed by atoms with Gasteiger partial charge >= 0.3 is 0 Å². The van der Waals surface area contributed by atoms with Crippen LogP contribution < -0.4 is 16.4 Å². The van der Waals surface area contributed by atoms with Crippen LogP contribution in [0.4, 0.5) is 5.69 Å². The SMILES string of the molecule is CCNC(=O)CNc1cccnc1C(N)=S. The molecule has 86 valence electrons. The molecule has 0 atom stereocenters. The summed E-state index contributed by atoms with van der Waals surface area (Å²) in [5.74, 6) is -0.0831. The fraction of sp³-hybridized carbons (Fsp3) is 0.300. The van der Waals surface area contributed by atoms with Crippen molar-refractivity contribution in [2.75, 3.05) is 18.4 Å². The molecule has 0 bridgehead atoms. The maximum atomic E-state index is 11.2. The first-order valence-electron chi connectivity index (χ1n) is 4.90. The number of rotatable bonds is 5. The smallest absolute Gasteiger partial charge is 0.239 e. The molecule has 0 aliphatic carbocycles. The van der Waals surface area contributed by atoms with Gasteiger partial charge in [-0.15, -0.1) is 0 Å². The van der Waals surface area contributed by atoms with Crippen LogP contribution in [-0.2, 0) is 4.79 Å². The number of likely N-dealkylation sites (N-methyl/N-ethyl adjacent to an activating group) is 1. The number of pyridine rings is 1. The van der Waals surface area contributed by atoms with Gasteiger partial charge in [-0.2, -0.15) is 0 Å². The predicted octanol–water partition coefficient (Wildman–Crippen LogP) is 0.264. The lowest BCUT2D eigenvalue weighted by molar-refractivity contribution is -0.119. The van der Waals surface area contributed by atoms with E-state index in [0.717, 1.165) is 0 Å². The summed E-state index contributed by atoms with van der Waals surface area (Å²) in [5.41, 5.74) is 6.68. The van der Waals surface area contributed by atoms with E-state index in [2.05, 4.69) is 15.6 Å². The molecular formula is C10H14N4OS. The molecule has 5 nitrogen and oxygen atoms in total. The molecule has 0 saturated carbocycles. The molecule has 0 unspecified atom stereocenters. The average molecular weight is 238 g/mol. The van der Waals surface area contributed by atoms with E-state index >= 15 is 0 Å². The first-order valence-corrected chi connectivity index (χ1v) is 5.31. The van der Waals surface area contributed by atoms with Crippen molar-refractivity contribution in [2.45, 2.75) is 6.92 Å². The van der Waals surface area contributed by atoms with Gasteiger partial charge in [-0.3, -0.25) is 9.78 Å². The first-order chi connectivity index (χ1) is 7.65. The van der Waals surface area contributed by atoms with Crippen LogP contribution in [0, 0.1) is 0 Å². The van der Waals surface area contributed by atoms with Crippen molar-refractivity contribution in [1.29, 1.82) is 0 Å². The van der Waals surface area contributed by atoms with Crippen LogP contribution in [0.5, 0.6) is 0 Å². The molecule has 1 heterocycles. The normalized spacial score (nSPS) is 9.56. The predicted molar refractivity (Wildman–Crippen MR) is 67.3 cm³/mol. The van der Waals surface area contributed by atoms with Crippen LogP contribution in [0.25, 0.3) is 0 Å². The Morgan fingerprint density at radius 2 is 2.38 bits per heavy atom. The van der Waals surface area contributed by atoms with Crippen LogP contribution in [0.2, 0.25) is 0 Å². The van der Waals surface area contributed by atoms with Gasteiger partial charge in [-0.25, -0.2) is 0 Å². The van der Waals surface area contributed by atoms with Crippen molar-refractivity contribution >= 4 is 28.8 Å². The number of carbonyl (C=O) groups excluding carboxylic acids is 1. The van der Waals surface area contributed by atoms with Gasteiger partial charge in [0.05, 0.1) is 12.2 Å². The molecule has 0 spiro atoms. The van der Waals surface area contributed by atoms with Crippen LogP contribution in [-0.4, -0.2) is 29.0 Å². The molecular weight excluding hydrogens is 224 g/mol. The summed E-state index contributed by atoms with van der Waals surface area (Å²) >= 11 is 4.86. The van der Waals surface area contributed by atoms with Crippen molar-refractivity contribution in [1.82, 2.24) is 10.3 Å². The Morgan fingerprint density at radius 1 is 1.62 bits per heavy atom. The Labute approximate surface area is 99.4 Å². The molecule has 6 heteroatoms. The summed E-state index contributed by atoms with van der Waals surface area (Å²) in [7, 11) is 0. The van der Waals surface area contributed by atoms with Crippen LogP contribution >= 0.6 is 12.2 Å². The molecule has 1 rings (SSSR count). The van der Waals surface area contributed by atoms with E-state index in [1.54, 1.807) is 18.3 Å². The zero-order chi connectivity index (χ0) is 12.0. The quantitative estimate of drug-likeness (QED) is 0.641. The molecule has 4 N–H and O–H groups in total. The number of amides is 1. The van der Waals surface area contributed by atoms with E-state index in [1.165, 1.54) is 0 Å².